The molecule has 1 heterocycles. The van der Waals surface area contributed by atoms with Crippen LogP contribution in [-0.4, -0.2) is 65.4 Å². The maximum atomic E-state index is 13.5. The summed E-state index contributed by atoms with van der Waals surface area (Å²) >= 11 is 0. The fourth-order valence-corrected chi connectivity index (χ4v) is 5.38. The maximum Gasteiger partial charge on any atom is 0.410 e. The highest BCUT2D eigenvalue weighted by atomic mass is 16.6. The zero-order valence-corrected chi connectivity index (χ0v) is 23.7. The maximum absolute atomic E-state index is 13.5. The van der Waals surface area contributed by atoms with Crippen molar-refractivity contribution in [3.8, 4) is 0 Å². The molecule has 1 aliphatic carbocycles. The zero-order chi connectivity index (χ0) is 27.7. The molecular formula is C29H44N2O6. The van der Waals surface area contributed by atoms with E-state index in [9.17, 15) is 14.4 Å². The van der Waals surface area contributed by atoms with Crippen molar-refractivity contribution in [1.29, 1.82) is 0 Å². The Morgan fingerprint density at radius 2 is 1.62 bits per heavy atom. The number of amides is 2. The Bertz CT molecular complexity index is 967. The van der Waals surface area contributed by atoms with Crippen molar-refractivity contribution in [3.05, 3.63) is 35.9 Å². The van der Waals surface area contributed by atoms with Gasteiger partial charge in [-0.15, -0.1) is 0 Å². The number of hydrogen-bond acceptors (Lipinski definition) is 6. The van der Waals surface area contributed by atoms with Gasteiger partial charge in [0.2, 0.25) is 5.91 Å². The Morgan fingerprint density at radius 1 is 1.03 bits per heavy atom. The number of rotatable bonds is 8. The van der Waals surface area contributed by atoms with Crippen molar-refractivity contribution >= 4 is 18.0 Å². The molecule has 0 radical (unpaired) electrons. The Kier molecular flexibility index (Phi) is 8.62. The molecule has 0 bridgehead atoms. The third kappa shape index (κ3) is 7.24. The molecule has 0 unspecified atom stereocenters. The predicted octanol–water partition coefficient (Wildman–Crippen LogP) is 4.35. The van der Waals surface area contributed by atoms with Crippen LogP contribution in [0.25, 0.3) is 0 Å². The second kappa shape index (κ2) is 11.0. The smallest absolute Gasteiger partial charge is 0.410 e. The van der Waals surface area contributed by atoms with E-state index in [1.54, 1.807) is 39.7 Å². The van der Waals surface area contributed by atoms with Crippen LogP contribution in [0.2, 0.25) is 0 Å². The van der Waals surface area contributed by atoms with Gasteiger partial charge >= 0.3 is 12.1 Å². The van der Waals surface area contributed by atoms with Gasteiger partial charge in [0, 0.05) is 19.6 Å². The molecule has 1 N–H and O–H groups in total. The second-order valence-electron chi connectivity index (χ2n) is 12.5. The summed E-state index contributed by atoms with van der Waals surface area (Å²) in [6.07, 6.45) is 0.130. The van der Waals surface area contributed by atoms with Gasteiger partial charge in [0.1, 0.15) is 17.2 Å². The van der Waals surface area contributed by atoms with E-state index in [2.05, 4.69) is 12.2 Å². The van der Waals surface area contributed by atoms with Gasteiger partial charge in [0.15, 0.2) is 0 Å². The fourth-order valence-electron chi connectivity index (χ4n) is 5.38. The molecule has 2 aliphatic rings. The molecule has 3 rings (SSSR count). The van der Waals surface area contributed by atoms with E-state index in [1.165, 1.54) is 0 Å². The number of carbonyl (C=O) groups excluding carboxylic acids is 3. The largest absolute Gasteiger partial charge is 0.458 e. The standard InChI is InChI=1S/C29H44N2O6/c1-17-20-16-22(31(23(17)20)27(34)37-29(6,7)8)24(35-9)18(2)25(32)30-21(26(33)36-28(3,4)5)15-19-13-11-10-12-14-19/h10-14,17-18,20-24H,15-16H2,1-9H3,(H,30,32)/t17-,18+,20+,21-,22-,23-,24+/m0/s1. The molecule has 7 atom stereocenters. The number of hydrogen-bond donors (Lipinski definition) is 1. The molecule has 1 aromatic carbocycles. The molecule has 0 spiro atoms. The molecule has 1 aliphatic heterocycles. The molecule has 1 saturated carbocycles. The average molecular weight is 517 g/mol. The van der Waals surface area contributed by atoms with Gasteiger partial charge in [-0.25, -0.2) is 9.59 Å². The molecule has 37 heavy (non-hydrogen) atoms. The van der Waals surface area contributed by atoms with Gasteiger partial charge in [-0.05, 0) is 65.4 Å². The number of likely N-dealkylation sites (tertiary alicyclic amines) is 1. The molecule has 0 aromatic heterocycles. The summed E-state index contributed by atoms with van der Waals surface area (Å²) in [5.41, 5.74) is -0.399. The topological polar surface area (TPSA) is 94.2 Å². The summed E-state index contributed by atoms with van der Waals surface area (Å²) in [4.78, 5) is 41.5. The van der Waals surface area contributed by atoms with Crippen LogP contribution in [-0.2, 0) is 30.2 Å². The van der Waals surface area contributed by atoms with Gasteiger partial charge in [-0.3, -0.25) is 9.69 Å². The number of benzene rings is 1. The number of methoxy groups -OCH3 is 1. The number of piperidine rings is 1. The lowest BCUT2D eigenvalue weighted by Gasteiger charge is -2.37. The summed E-state index contributed by atoms with van der Waals surface area (Å²) in [5.74, 6) is -0.659. The minimum Gasteiger partial charge on any atom is -0.458 e. The van der Waals surface area contributed by atoms with E-state index in [0.29, 0.717) is 18.3 Å². The minimum atomic E-state index is -0.854. The van der Waals surface area contributed by atoms with E-state index in [4.69, 9.17) is 14.2 Å². The second-order valence-corrected chi connectivity index (χ2v) is 12.5. The Morgan fingerprint density at radius 3 is 2.16 bits per heavy atom. The monoisotopic (exact) mass is 516 g/mol. The van der Waals surface area contributed by atoms with Gasteiger partial charge in [0.05, 0.1) is 18.1 Å². The van der Waals surface area contributed by atoms with Crippen LogP contribution in [0.5, 0.6) is 0 Å². The normalized spacial score (nSPS) is 25.5. The first-order chi connectivity index (χ1) is 17.1. The highest BCUT2D eigenvalue weighted by Gasteiger charge is 2.63. The van der Waals surface area contributed by atoms with Crippen LogP contribution in [0.15, 0.2) is 30.3 Å². The lowest BCUT2D eigenvalue weighted by molar-refractivity contribution is -0.159. The summed E-state index contributed by atoms with van der Waals surface area (Å²) < 4.78 is 17.2. The van der Waals surface area contributed by atoms with E-state index in [-0.39, 0.29) is 24.1 Å². The molecule has 8 nitrogen and oxygen atoms in total. The molecular weight excluding hydrogens is 472 g/mol. The van der Waals surface area contributed by atoms with Gasteiger partial charge in [-0.1, -0.05) is 44.2 Å². The van der Waals surface area contributed by atoms with Crippen LogP contribution in [0.4, 0.5) is 4.79 Å². The number of nitrogens with zero attached hydrogens (tertiary/aromatic N) is 1. The lowest BCUT2D eigenvalue weighted by Crippen LogP contribution is -2.54. The Labute approximate surface area is 221 Å². The first-order valence-corrected chi connectivity index (χ1v) is 13.2. The predicted molar refractivity (Wildman–Crippen MR) is 141 cm³/mol. The van der Waals surface area contributed by atoms with E-state index >= 15 is 0 Å². The van der Waals surface area contributed by atoms with Crippen molar-refractivity contribution in [1.82, 2.24) is 10.2 Å². The number of carbonyl (C=O) groups is 3. The first-order valence-electron chi connectivity index (χ1n) is 13.2. The molecule has 2 fully saturated rings. The van der Waals surface area contributed by atoms with Gasteiger partial charge in [0.25, 0.3) is 0 Å². The number of ether oxygens (including phenoxy) is 3. The number of nitrogens with one attached hydrogen (secondary N) is 1. The van der Waals surface area contributed by atoms with Crippen LogP contribution in [0, 0.1) is 17.8 Å². The van der Waals surface area contributed by atoms with E-state index < -0.39 is 35.2 Å². The molecule has 8 heteroatoms. The van der Waals surface area contributed by atoms with Crippen molar-refractivity contribution in [2.75, 3.05) is 7.11 Å². The van der Waals surface area contributed by atoms with Crippen LogP contribution in [0.1, 0.15) is 67.4 Å². The van der Waals surface area contributed by atoms with Crippen LogP contribution < -0.4 is 5.32 Å². The third-order valence-electron chi connectivity index (χ3n) is 7.16. The number of esters is 1. The Hall–Kier alpha value is -2.61. The lowest BCUT2D eigenvalue weighted by atomic mass is 9.92. The SMILES string of the molecule is CO[C@H]([C@@H](C)C(=O)N[C@@H](Cc1ccccc1)C(=O)OC(C)(C)C)[C@@H]1C[C@@H]2[C@H](C)[C@@H]2N1C(=O)OC(C)(C)C. The Balaban J connectivity index is 1.77. The fraction of sp³-hybridized carbons (Fsp3) is 0.690. The summed E-state index contributed by atoms with van der Waals surface area (Å²) in [6.45, 7) is 14.8. The van der Waals surface area contributed by atoms with Gasteiger partial charge in [-0.2, -0.15) is 0 Å². The quantitative estimate of drug-likeness (QED) is 0.517. The van der Waals surface area contributed by atoms with Crippen LogP contribution >= 0.6 is 0 Å². The van der Waals surface area contributed by atoms with Gasteiger partial charge < -0.3 is 19.5 Å². The number of fused-ring (bicyclic) bond motifs is 1. The molecule has 2 amide bonds. The summed E-state index contributed by atoms with van der Waals surface area (Å²) in [7, 11) is 1.56. The van der Waals surface area contributed by atoms with Crippen LogP contribution in [0.3, 0.4) is 0 Å². The molecule has 206 valence electrons. The highest BCUT2D eigenvalue weighted by Crippen LogP contribution is 2.54. The summed E-state index contributed by atoms with van der Waals surface area (Å²) in [6, 6.07) is 8.47. The van der Waals surface area contributed by atoms with Crippen molar-refractivity contribution in [3.63, 3.8) is 0 Å². The minimum absolute atomic E-state index is 0.0975. The van der Waals surface area contributed by atoms with E-state index in [1.807, 2.05) is 51.1 Å². The van der Waals surface area contributed by atoms with Crippen molar-refractivity contribution < 1.29 is 28.6 Å². The van der Waals surface area contributed by atoms with Crippen molar-refractivity contribution in [2.24, 2.45) is 17.8 Å². The first kappa shape index (κ1) is 29.0. The molecule has 1 saturated heterocycles. The molecule has 1 aromatic rings. The van der Waals surface area contributed by atoms with E-state index in [0.717, 1.165) is 12.0 Å². The van der Waals surface area contributed by atoms with Crippen molar-refractivity contribution in [2.45, 2.75) is 104 Å². The third-order valence-corrected chi connectivity index (χ3v) is 7.16. The summed E-state index contributed by atoms with van der Waals surface area (Å²) in [5, 5.41) is 2.91. The highest BCUT2D eigenvalue weighted by molar-refractivity contribution is 5.86. The average Bonchev–Trinajstić information content (AvgIpc) is 3.21. The zero-order valence-electron chi connectivity index (χ0n) is 23.7.